The van der Waals surface area contributed by atoms with Gasteiger partial charge in [0.15, 0.2) is 5.13 Å². The van der Waals surface area contributed by atoms with Gasteiger partial charge >= 0.3 is 0 Å². The van der Waals surface area contributed by atoms with Crippen LogP contribution in [0.2, 0.25) is 0 Å². The summed E-state index contributed by atoms with van der Waals surface area (Å²) in [5.41, 5.74) is 3.48. The lowest BCUT2D eigenvalue weighted by molar-refractivity contribution is -0.117. The Balaban J connectivity index is 1.71. The number of amides is 2. The van der Waals surface area contributed by atoms with Crippen molar-refractivity contribution in [3.05, 3.63) is 65.5 Å². The Morgan fingerprint density at radius 2 is 1.75 bits per heavy atom. The fourth-order valence-corrected chi connectivity index (χ4v) is 3.73. The maximum atomic E-state index is 12.8. The molecule has 0 saturated carbocycles. The van der Waals surface area contributed by atoms with E-state index in [1.807, 2.05) is 60.0 Å². The maximum Gasteiger partial charge on any atom is 0.233 e. The van der Waals surface area contributed by atoms with Crippen molar-refractivity contribution < 1.29 is 9.59 Å². The third-order valence-electron chi connectivity index (χ3n) is 4.33. The number of rotatable bonds is 7. The fraction of sp³-hybridized carbons (Fsp3) is 0.227. The number of thiazole rings is 1. The molecule has 0 spiro atoms. The standard InChI is InChI=1S/C22H23N3O2S/c1-3-7-19(16-8-5-4-6-9-16)21(27)25-22-24-20(14-28-22)17-10-12-18(13-11-17)23-15(2)26/h4-6,8-14,19H,3,7H2,1-2H3,(H,23,26)(H,24,25,27). The second kappa shape index (κ2) is 9.28. The molecule has 6 heteroatoms. The van der Waals surface area contributed by atoms with Crippen LogP contribution in [-0.4, -0.2) is 16.8 Å². The van der Waals surface area contributed by atoms with E-state index in [1.165, 1.54) is 18.3 Å². The summed E-state index contributed by atoms with van der Waals surface area (Å²) < 4.78 is 0. The van der Waals surface area contributed by atoms with Gasteiger partial charge in [0.05, 0.1) is 11.6 Å². The van der Waals surface area contributed by atoms with Crippen LogP contribution in [0.15, 0.2) is 60.0 Å². The topological polar surface area (TPSA) is 71.1 Å². The molecule has 0 fully saturated rings. The minimum Gasteiger partial charge on any atom is -0.326 e. The summed E-state index contributed by atoms with van der Waals surface area (Å²) in [5.74, 6) is -0.322. The largest absolute Gasteiger partial charge is 0.326 e. The van der Waals surface area contributed by atoms with Gasteiger partial charge < -0.3 is 10.6 Å². The van der Waals surface area contributed by atoms with Gasteiger partial charge in [-0.15, -0.1) is 11.3 Å². The molecule has 5 nitrogen and oxygen atoms in total. The summed E-state index contributed by atoms with van der Waals surface area (Å²) >= 11 is 1.41. The first-order valence-corrected chi connectivity index (χ1v) is 10.1. The highest BCUT2D eigenvalue weighted by atomic mass is 32.1. The highest BCUT2D eigenvalue weighted by Crippen LogP contribution is 2.28. The average molecular weight is 394 g/mol. The first-order valence-electron chi connectivity index (χ1n) is 9.26. The van der Waals surface area contributed by atoms with Crippen LogP contribution in [0.3, 0.4) is 0 Å². The lowest BCUT2D eigenvalue weighted by Crippen LogP contribution is -2.21. The molecule has 28 heavy (non-hydrogen) atoms. The zero-order valence-electron chi connectivity index (χ0n) is 15.9. The summed E-state index contributed by atoms with van der Waals surface area (Å²) in [4.78, 5) is 28.5. The van der Waals surface area contributed by atoms with Gasteiger partial charge in [-0.2, -0.15) is 0 Å². The van der Waals surface area contributed by atoms with Crippen molar-refractivity contribution >= 4 is 34.0 Å². The maximum absolute atomic E-state index is 12.8. The number of hydrogen-bond acceptors (Lipinski definition) is 4. The molecule has 1 atom stereocenters. The molecule has 0 saturated heterocycles. The molecule has 0 radical (unpaired) electrons. The molecular formula is C22H23N3O2S. The Bertz CT molecular complexity index is 936. The number of nitrogens with zero attached hydrogens (tertiary/aromatic N) is 1. The number of nitrogens with one attached hydrogen (secondary N) is 2. The lowest BCUT2D eigenvalue weighted by Gasteiger charge is -2.15. The summed E-state index contributed by atoms with van der Waals surface area (Å²) in [6.45, 7) is 3.56. The van der Waals surface area contributed by atoms with Crippen LogP contribution in [-0.2, 0) is 9.59 Å². The molecular weight excluding hydrogens is 370 g/mol. The van der Waals surface area contributed by atoms with E-state index in [0.29, 0.717) is 5.13 Å². The fourth-order valence-electron chi connectivity index (χ4n) is 3.01. The van der Waals surface area contributed by atoms with E-state index in [4.69, 9.17) is 0 Å². The van der Waals surface area contributed by atoms with E-state index in [-0.39, 0.29) is 17.7 Å². The molecule has 0 bridgehead atoms. The zero-order valence-corrected chi connectivity index (χ0v) is 16.8. The minimum absolute atomic E-state index is 0.0324. The Hall–Kier alpha value is -2.99. The SMILES string of the molecule is CCCC(C(=O)Nc1nc(-c2ccc(NC(C)=O)cc2)cs1)c1ccccc1. The van der Waals surface area contributed by atoms with Crippen LogP contribution < -0.4 is 10.6 Å². The monoisotopic (exact) mass is 393 g/mol. The Labute approximate surface area is 168 Å². The van der Waals surface area contributed by atoms with Gasteiger partial charge in [0.2, 0.25) is 11.8 Å². The van der Waals surface area contributed by atoms with E-state index < -0.39 is 0 Å². The Morgan fingerprint density at radius 1 is 1.04 bits per heavy atom. The predicted octanol–water partition coefficient (Wildman–Crippen LogP) is 5.29. The molecule has 0 aliphatic heterocycles. The molecule has 144 valence electrons. The van der Waals surface area contributed by atoms with Crippen LogP contribution in [0.5, 0.6) is 0 Å². The van der Waals surface area contributed by atoms with Crippen molar-refractivity contribution in [1.82, 2.24) is 4.98 Å². The lowest BCUT2D eigenvalue weighted by atomic mass is 9.94. The summed E-state index contributed by atoms with van der Waals surface area (Å²) in [5, 5.41) is 8.21. The number of aromatic nitrogens is 1. The normalized spacial score (nSPS) is 11.6. The van der Waals surface area contributed by atoms with Crippen LogP contribution in [0.4, 0.5) is 10.8 Å². The van der Waals surface area contributed by atoms with Gasteiger partial charge in [-0.1, -0.05) is 55.8 Å². The molecule has 0 aliphatic rings. The van der Waals surface area contributed by atoms with Crippen LogP contribution in [0.25, 0.3) is 11.3 Å². The van der Waals surface area contributed by atoms with Crippen molar-refractivity contribution in [2.24, 2.45) is 0 Å². The average Bonchev–Trinajstić information content (AvgIpc) is 3.15. The van der Waals surface area contributed by atoms with Gasteiger partial charge in [0.1, 0.15) is 0 Å². The van der Waals surface area contributed by atoms with Crippen LogP contribution >= 0.6 is 11.3 Å². The zero-order chi connectivity index (χ0) is 19.9. The molecule has 2 aromatic carbocycles. The van der Waals surface area contributed by atoms with E-state index in [9.17, 15) is 9.59 Å². The minimum atomic E-state index is -0.185. The van der Waals surface area contributed by atoms with E-state index >= 15 is 0 Å². The highest BCUT2D eigenvalue weighted by molar-refractivity contribution is 7.14. The van der Waals surface area contributed by atoms with Crippen molar-refractivity contribution in [1.29, 1.82) is 0 Å². The van der Waals surface area contributed by atoms with Gasteiger partial charge in [0, 0.05) is 23.6 Å². The van der Waals surface area contributed by atoms with Gasteiger partial charge in [0.25, 0.3) is 0 Å². The smallest absolute Gasteiger partial charge is 0.233 e. The highest BCUT2D eigenvalue weighted by Gasteiger charge is 2.20. The molecule has 3 aromatic rings. The van der Waals surface area contributed by atoms with Gasteiger partial charge in [-0.25, -0.2) is 4.98 Å². The first kappa shape index (κ1) is 19.8. The van der Waals surface area contributed by atoms with Gasteiger partial charge in [-0.05, 0) is 24.1 Å². The van der Waals surface area contributed by atoms with Gasteiger partial charge in [-0.3, -0.25) is 9.59 Å². The number of anilines is 2. The van der Waals surface area contributed by atoms with Crippen LogP contribution in [0, 0.1) is 0 Å². The first-order chi connectivity index (χ1) is 13.6. The summed E-state index contributed by atoms with van der Waals surface area (Å²) in [6.07, 6.45) is 1.72. The molecule has 1 aromatic heterocycles. The van der Waals surface area contributed by atoms with E-state index in [0.717, 1.165) is 35.3 Å². The molecule has 1 unspecified atom stereocenters. The number of carbonyl (C=O) groups excluding carboxylic acids is 2. The second-order valence-corrected chi connectivity index (χ2v) is 7.40. The number of benzene rings is 2. The predicted molar refractivity (Wildman–Crippen MR) is 115 cm³/mol. The van der Waals surface area contributed by atoms with Crippen molar-refractivity contribution in [2.45, 2.75) is 32.6 Å². The molecule has 2 N–H and O–H groups in total. The summed E-state index contributed by atoms with van der Waals surface area (Å²) in [7, 11) is 0. The molecule has 2 amide bonds. The Kier molecular flexibility index (Phi) is 6.55. The summed E-state index contributed by atoms with van der Waals surface area (Å²) in [6, 6.07) is 17.3. The van der Waals surface area contributed by atoms with Crippen molar-refractivity contribution in [3.63, 3.8) is 0 Å². The van der Waals surface area contributed by atoms with E-state index in [2.05, 4.69) is 22.5 Å². The number of hydrogen-bond donors (Lipinski definition) is 2. The second-order valence-electron chi connectivity index (χ2n) is 6.54. The third-order valence-corrected chi connectivity index (χ3v) is 5.09. The third kappa shape index (κ3) is 5.04. The molecule has 1 heterocycles. The number of carbonyl (C=O) groups is 2. The van der Waals surface area contributed by atoms with Crippen molar-refractivity contribution in [2.75, 3.05) is 10.6 Å². The molecule has 0 aliphatic carbocycles. The Morgan fingerprint density at radius 3 is 2.39 bits per heavy atom. The molecule has 3 rings (SSSR count). The van der Waals surface area contributed by atoms with Crippen LogP contribution in [0.1, 0.15) is 38.2 Å². The van der Waals surface area contributed by atoms with Crippen molar-refractivity contribution in [3.8, 4) is 11.3 Å². The van der Waals surface area contributed by atoms with E-state index in [1.54, 1.807) is 0 Å². The quantitative estimate of drug-likeness (QED) is 0.573.